The molecule has 0 heterocycles. The van der Waals surface area contributed by atoms with Crippen molar-refractivity contribution >= 4 is 17.3 Å². The Balaban J connectivity index is 2.26. The van der Waals surface area contributed by atoms with Gasteiger partial charge < -0.3 is 10.6 Å². The molecule has 0 fully saturated rings. The van der Waals surface area contributed by atoms with Gasteiger partial charge in [-0.05, 0) is 61.7 Å². The van der Waals surface area contributed by atoms with E-state index in [-0.39, 0.29) is 11.8 Å². The second-order valence-corrected chi connectivity index (χ2v) is 5.63. The van der Waals surface area contributed by atoms with Crippen molar-refractivity contribution in [2.45, 2.75) is 26.7 Å². The summed E-state index contributed by atoms with van der Waals surface area (Å²) in [6, 6.07) is 13.7. The van der Waals surface area contributed by atoms with Crippen LogP contribution in [0.15, 0.2) is 42.5 Å². The Kier molecular flexibility index (Phi) is 4.32. The molecule has 0 saturated heterocycles. The van der Waals surface area contributed by atoms with E-state index in [4.69, 9.17) is 5.73 Å². The maximum absolute atomic E-state index is 12.7. The summed E-state index contributed by atoms with van der Waals surface area (Å²) >= 11 is 0. The molecule has 0 aliphatic rings. The van der Waals surface area contributed by atoms with Gasteiger partial charge in [0.2, 0.25) is 5.91 Å². The number of anilines is 2. The van der Waals surface area contributed by atoms with Crippen molar-refractivity contribution in [3.8, 4) is 0 Å². The van der Waals surface area contributed by atoms with Crippen molar-refractivity contribution < 1.29 is 4.79 Å². The first kappa shape index (κ1) is 15.1. The molecule has 0 aromatic heterocycles. The Bertz CT molecular complexity index is 644. The molecule has 0 bridgehead atoms. The molecule has 0 saturated carbocycles. The van der Waals surface area contributed by atoms with E-state index in [1.54, 1.807) is 4.90 Å². The Morgan fingerprint density at radius 2 is 1.71 bits per heavy atom. The molecule has 110 valence electrons. The molecule has 2 aromatic carbocycles. The van der Waals surface area contributed by atoms with Gasteiger partial charge in [-0.25, -0.2) is 0 Å². The topological polar surface area (TPSA) is 46.3 Å². The average Bonchev–Trinajstić information content (AvgIpc) is 2.44. The van der Waals surface area contributed by atoms with Gasteiger partial charge in [0.1, 0.15) is 0 Å². The van der Waals surface area contributed by atoms with E-state index in [1.165, 1.54) is 0 Å². The minimum Gasteiger partial charge on any atom is -0.399 e. The van der Waals surface area contributed by atoms with Gasteiger partial charge in [-0.2, -0.15) is 0 Å². The second-order valence-electron chi connectivity index (χ2n) is 5.63. The fraction of sp³-hybridized carbons (Fsp3) is 0.278. The third-order valence-corrected chi connectivity index (χ3v) is 3.71. The molecule has 0 radical (unpaired) electrons. The molecule has 0 spiro atoms. The largest absolute Gasteiger partial charge is 0.399 e. The van der Waals surface area contributed by atoms with Crippen molar-refractivity contribution in [3.63, 3.8) is 0 Å². The number of rotatable bonds is 3. The lowest BCUT2D eigenvalue weighted by Gasteiger charge is -2.23. The molecule has 0 aliphatic carbocycles. The molecule has 3 nitrogen and oxygen atoms in total. The van der Waals surface area contributed by atoms with E-state index in [0.29, 0.717) is 5.69 Å². The first-order valence-corrected chi connectivity index (χ1v) is 7.10. The van der Waals surface area contributed by atoms with Crippen LogP contribution in [0, 0.1) is 13.8 Å². The summed E-state index contributed by atoms with van der Waals surface area (Å²) in [6.45, 7) is 5.99. The molecular weight excluding hydrogens is 260 g/mol. The second kappa shape index (κ2) is 6.00. The Labute approximate surface area is 126 Å². The van der Waals surface area contributed by atoms with Crippen LogP contribution in [0.4, 0.5) is 11.4 Å². The highest BCUT2D eigenvalue weighted by Crippen LogP contribution is 2.24. The number of likely N-dealkylation sites (N-methyl/N-ethyl adjacent to an activating group) is 1. The number of carbonyl (C=O) groups excluding carboxylic acids is 1. The molecule has 3 heteroatoms. The number of hydrogen-bond acceptors (Lipinski definition) is 2. The first-order chi connectivity index (χ1) is 9.88. The van der Waals surface area contributed by atoms with Crippen LogP contribution in [-0.4, -0.2) is 13.0 Å². The summed E-state index contributed by atoms with van der Waals surface area (Å²) in [5, 5.41) is 0. The van der Waals surface area contributed by atoms with E-state index in [2.05, 4.69) is 6.07 Å². The summed E-state index contributed by atoms with van der Waals surface area (Å²) in [4.78, 5) is 14.4. The molecule has 21 heavy (non-hydrogen) atoms. The molecule has 1 unspecified atom stereocenters. The zero-order chi connectivity index (χ0) is 15.6. The van der Waals surface area contributed by atoms with Gasteiger partial charge in [-0.3, -0.25) is 4.79 Å². The maximum atomic E-state index is 12.7. The zero-order valence-electron chi connectivity index (χ0n) is 13.1. The van der Waals surface area contributed by atoms with Crippen LogP contribution in [0.25, 0.3) is 0 Å². The number of hydrogen-bond donors (Lipinski definition) is 1. The standard InChI is InChI=1S/C18H22N2O/c1-12-8-13(2)10-17(9-12)20(4)18(21)14(3)15-6-5-7-16(19)11-15/h5-11,14H,19H2,1-4H3. The van der Waals surface area contributed by atoms with Crippen LogP contribution in [0.2, 0.25) is 0 Å². The molecule has 1 amide bonds. The Morgan fingerprint density at radius 3 is 2.29 bits per heavy atom. The third kappa shape index (κ3) is 3.43. The predicted octanol–water partition coefficient (Wildman–Crippen LogP) is 3.65. The maximum Gasteiger partial charge on any atom is 0.233 e. The quantitative estimate of drug-likeness (QED) is 0.873. The van der Waals surface area contributed by atoms with Crippen LogP contribution >= 0.6 is 0 Å². The van der Waals surface area contributed by atoms with Gasteiger partial charge in [0.15, 0.2) is 0 Å². The van der Waals surface area contributed by atoms with Gasteiger partial charge in [0.25, 0.3) is 0 Å². The lowest BCUT2D eigenvalue weighted by Crippen LogP contribution is -2.30. The van der Waals surface area contributed by atoms with Crippen molar-refractivity contribution in [2.24, 2.45) is 0 Å². The minimum atomic E-state index is -0.223. The van der Waals surface area contributed by atoms with E-state index >= 15 is 0 Å². The van der Waals surface area contributed by atoms with Gasteiger partial charge in [-0.1, -0.05) is 18.2 Å². The third-order valence-electron chi connectivity index (χ3n) is 3.71. The molecular formula is C18H22N2O. The van der Waals surface area contributed by atoms with Gasteiger partial charge in [0, 0.05) is 18.4 Å². The molecule has 1 atom stereocenters. The predicted molar refractivity (Wildman–Crippen MR) is 88.6 cm³/mol. The first-order valence-electron chi connectivity index (χ1n) is 7.10. The number of carbonyl (C=O) groups is 1. The highest BCUT2D eigenvalue weighted by atomic mass is 16.2. The van der Waals surface area contributed by atoms with Gasteiger partial charge >= 0.3 is 0 Å². The lowest BCUT2D eigenvalue weighted by atomic mass is 9.99. The van der Waals surface area contributed by atoms with Crippen molar-refractivity contribution in [1.82, 2.24) is 0 Å². The van der Waals surface area contributed by atoms with Crippen molar-refractivity contribution in [3.05, 3.63) is 59.2 Å². The normalized spacial score (nSPS) is 12.0. The number of nitrogens with two attached hydrogens (primary N) is 1. The number of nitrogens with zero attached hydrogens (tertiary/aromatic N) is 1. The van der Waals surface area contributed by atoms with E-state index in [1.807, 2.05) is 64.2 Å². The van der Waals surface area contributed by atoms with Crippen LogP contribution in [0.1, 0.15) is 29.5 Å². The van der Waals surface area contributed by atoms with Gasteiger partial charge in [0.05, 0.1) is 5.92 Å². The van der Waals surface area contributed by atoms with Crippen LogP contribution < -0.4 is 10.6 Å². The number of nitrogen functional groups attached to an aromatic ring is 1. The highest BCUT2D eigenvalue weighted by molar-refractivity contribution is 5.97. The van der Waals surface area contributed by atoms with Gasteiger partial charge in [-0.15, -0.1) is 0 Å². The van der Waals surface area contributed by atoms with Crippen LogP contribution in [-0.2, 0) is 4.79 Å². The summed E-state index contributed by atoms with van der Waals surface area (Å²) in [7, 11) is 1.82. The summed E-state index contributed by atoms with van der Waals surface area (Å²) in [5.74, 6) is -0.162. The summed E-state index contributed by atoms with van der Waals surface area (Å²) < 4.78 is 0. The summed E-state index contributed by atoms with van der Waals surface area (Å²) in [5.41, 5.74) is 10.7. The monoisotopic (exact) mass is 282 g/mol. The number of aryl methyl sites for hydroxylation is 2. The average molecular weight is 282 g/mol. The van der Waals surface area contributed by atoms with E-state index in [9.17, 15) is 4.79 Å². The molecule has 2 aromatic rings. The fourth-order valence-electron chi connectivity index (χ4n) is 2.53. The molecule has 2 rings (SSSR count). The Hall–Kier alpha value is -2.29. The minimum absolute atomic E-state index is 0.0607. The number of benzene rings is 2. The zero-order valence-corrected chi connectivity index (χ0v) is 13.1. The Morgan fingerprint density at radius 1 is 1.10 bits per heavy atom. The number of amides is 1. The SMILES string of the molecule is Cc1cc(C)cc(N(C)C(=O)C(C)c2cccc(N)c2)c1. The van der Waals surface area contributed by atoms with Crippen LogP contribution in [0.5, 0.6) is 0 Å². The fourth-order valence-corrected chi connectivity index (χ4v) is 2.53. The van der Waals surface area contributed by atoms with Crippen molar-refractivity contribution in [1.29, 1.82) is 0 Å². The smallest absolute Gasteiger partial charge is 0.233 e. The van der Waals surface area contributed by atoms with E-state index in [0.717, 1.165) is 22.4 Å². The lowest BCUT2D eigenvalue weighted by molar-refractivity contribution is -0.119. The highest BCUT2D eigenvalue weighted by Gasteiger charge is 2.20. The molecule has 2 N–H and O–H groups in total. The van der Waals surface area contributed by atoms with Crippen molar-refractivity contribution in [2.75, 3.05) is 17.7 Å². The van der Waals surface area contributed by atoms with E-state index < -0.39 is 0 Å². The van der Waals surface area contributed by atoms with Crippen LogP contribution in [0.3, 0.4) is 0 Å². The molecule has 0 aliphatic heterocycles. The summed E-state index contributed by atoms with van der Waals surface area (Å²) in [6.07, 6.45) is 0.